The van der Waals surface area contributed by atoms with Crippen molar-refractivity contribution < 1.29 is 4.52 Å². The number of hydrogen-bond donors (Lipinski definition) is 1. The summed E-state index contributed by atoms with van der Waals surface area (Å²) in [6.07, 6.45) is 0. The molecule has 0 fully saturated rings. The van der Waals surface area contributed by atoms with Crippen molar-refractivity contribution in [1.29, 1.82) is 0 Å². The fourth-order valence-corrected chi connectivity index (χ4v) is 2.90. The van der Waals surface area contributed by atoms with Crippen LogP contribution in [-0.2, 0) is 0 Å². The van der Waals surface area contributed by atoms with Gasteiger partial charge in [-0.3, -0.25) is 0 Å². The Kier molecular flexibility index (Phi) is 2.95. The molecule has 0 aliphatic carbocycles. The Labute approximate surface area is 103 Å². The number of thiophene rings is 1. The van der Waals surface area contributed by atoms with E-state index in [1.165, 1.54) is 0 Å². The van der Waals surface area contributed by atoms with Crippen LogP contribution in [0.2, 0.25) is 5.02 Å². The first kappa shape index (κ1) is 11.5. The predicted molar refractivity (Wildman–Crippen MR) is 68.1 cm³/mol. The van der Waals surface area contributed by atoms with Crippen molar-refractivity contribution in [3.05, 3.63) is 21.5 Å². The number of anilines is 1. The molecule has 0 unspecified atom stereocenters. The van der Waals surface area contributed by atoms with Gasteiger partial charge in [-0.1, -0.05) is 30.6 Å². The van der Waals surface area contributed by atoms with E-state index in [1.807, 2.05) is 12.3 Å². The molecule has 86 valence electrons. The molecular formula is C11H13ClN2OS. The lowest BCUT2D eigenvalue weighted by molar-refractivity contribution is 0.438. The van der Waals surface area contributed by atoms with Gasteiger partial charge >= 0.3 is 0 Å². The number of halogens is 1. The van der Waals surface area contributed by atoms with Gasteiger partial charge in [-0.05, 0) is 23.8 Å². The van der Waals surface area contributed by atoms with Gasteiger partial charge in [0.25, 0.3) is 0 Å². The summed E-state index contributed by atoms with van der Waals surface area (Å²) in [6.45, 7) is 6.09. The number of aryl methyl sites for hydroxylation is 1. The van der Waals surface area contributed by atoms with Crippen molar-refractivity contribution in [1.82, 2.24) is 5.16 Å². The highest BCUT2D eigenvalue weighted by atomic mass is 35.5. The zero-order valence-corrected chi connectivity index (χ0v) is 10.9. The highest BCUT2D eigenvalue weighted by Crippen LogP contribution is 2.41. The molecule has 5 heteroatoms. The quantitative estimate of drug-likeness (QED) is 0.881. The first-order valence-electron chi connectivity index (χ1n) is 5.01. The van der Waals surface area contributed by atoms with E-state index in [9.17, 15) is 0 Å². The summed E-state index contributed by atoms with van der Waals surface area (Å²) < 4.78 is 5.05. The maximum absolute atomic E-state index is 6.22. The van der Waals surface area contributed by atoms with Crippen LogP contribution in [0.1, 0.15) is 30.9 Å². The van der Waals surface area contributed by atoms with Crippen LogP contribution in [0.3, 0.4) is 0 Å². The van der Waals surface area contributed by atoms with Crippen molar-refractivity contribution in [2.75, 3.05) is 5.73 Å². The standard InChI is InChI=1S/C11H13ClN2OS/c1-5(2)7-9(14-15-11(7)13)10-8(12)6(3)4-16-10/h4-5H,13H2,1-3H3. The molecule has 3 nitrogen and oxygen atoms in total. The van der Waals surface area contributed by atoms with Crippen molar-refractivity contribution >= 4 is 28.8 Å². The average molecular weight is 257 g/mol. The summed E-state index contributed by atoms with van der Waals surface area (Å²) in [6, 6.07) is 0. The van der Waals surface area contributed by atoms with Crippen molar-refractivity contribution in [2.24, 2.45) is 0 Å². The maximum atomic E-state index is 6.22. The summed E-state index contributed by atoms with van der Waals surface area (Å²) in [7, 11) is 0. The van der Waals surface area contributed by atoms with Crippen LogP contribution in [0.5, 0.6) is 0 Å². The summed E-state index contributed by atoms with van der Waals surface area (Å²) in [4.78, 5) is 0.934. The third-order valence-corrected chi connectivity index (χ3v) is 4.15. The van der Waals surface area contributed by atoms with Crippen molar-refractivity contribution in [2.45, 2.75) is 26.7 Å². The van der Waals surface area contributed by atoms with Gasteiger partial charge in [0.05, 0.1) is 9.90 Å². The highest BCUT2D eigenvalue weighted by molar-refractivity contribution is 7.14. The first-order chi connectivity index (χ1) is 7.52. The SMILES string of the molecule is Cc1csc(-c2noc(N)c2C(C)C)c1Cl. The summed E-state index contributed by atoms with van der Waals surface area (Å²) in [5, 5.41) is 6.75. The second-order valence-electron chi connectivity index (χ2n) is 4.03. The van der Waals surface area contributed by atoms with E-state index < -0.39 is 0 Å². The lowest BCUT2D eigenvalue weighted by atomic mass is 10.0. The van der Waals surface area contributed by atoms with Gasteiger partial charge in [0.1, 0.15) is 5.69 Å². The van der Waals surface area contributed by atoms with Gasteiger partial charge in [0.2, 0.25) is 5.88 Å². The first-order valence-corrected chi connectivity index (χ1v) is 6.27. The molecule has 0 radical (unpaired) electrons. The smallest absolute Gasteiger partial charge is 0.226 e. The molecule has 0 saturated carbocycles. The Balaban J connectivity index is 2.61. The molecule has 2 rings (SSSR count). The van der Waals surface area contributed by atoms with E-state index >= 15 is 0 Å². The maximum Gasteiger partial charge on any atom is 0.226 e. The molecule has 2 heterocycles. The molecule has 0 atom stereocenters. The molecule has 0 aliphatic heterocycles. The summed E-state index contributed by atoms with van der Waals surface area (Å²) in [5.74, 6) is 0.645. The van der Waals surface area contributed by atoms with Gasteiger partial charge in [-0.15, -0.1) is 11.3 Å². The van der Waals surface area contributed by atoms with Crippen LogP contribution in [-0.4, -0.2) is 5.16 Å². The van der Waals surface area contributed by atoms with Crippen LogP contribution in [0.15, 0.2) is 9.90 Å². The number of rotatable bonds is 2. The molecule has 0 aliphatic rings. The van der Waals surface area contributed by atoms with Crippen LogP contribution in [0.25, 0.3) is 10.6 Å². The van der Waals surface area contributed by atoms with Crippen LogP contribution < -0.4 is 5.73 Å². The lowest BCUT2D eigenvalue weighted by Crippen LogP contribution is -1.93. The molecule has 0 amide bonds. The second kappa shape index (κ2) is 4.11. The van der Waals surface area contributed by atoms with E-state index in [0.717, 1.165) is 26.7 Å². The molecule has 2 aromatic heterocycles. The van der Waals surface area contributed by atoms with Gasteiger partial charge < -0.3 is 10.3 Å². The molecule has 0 aromatic carbocycles. The Bertz CT molecular complexity index is 516. The van der Waals surface area contributed by atoms with E-state index in [-0.39, 0.29) is 5.92 Å². The number of nitrogen functional groups attached to an aromatic ring is 1. The topological polar surface area (TPSA) is 52.0 Å². The Hall–Kier alpha value is -1.00. The normalized spacial score (nSPS) is 11.3. The zero-order chi connectivity index (χ0) is 11.9. The van der Waals surface area contributed by atoms with Gasteiger partial charge in [0.15, 0.2) is 0 Å². The van der Waals surface area contributed by atoms with Gasteiger partial charge in [-0.25, -0.2) is 0 Å². The highest BCUT2D eigenvalue weighted by Gasteiger charge is 2.21. The molecule has 0 bridgehead atoms. The minimum absolute atomic E-state index is 0.264. The third kappa shape index (κ3) is 1.72. The van der Waals surface area contributed by atoms with Crippen molar-refractivity contribution in [3.8, 4) is 10.6 Å². The Morgan fingerprint density at radius 3 is 2.69 bits per heavy atom. The summed E-state index contributed by atoms with van der Waals surface area (Å²) in [5.41, 5.74) is 8.53. The van der Waals surface area contributed by atoms with Gasteiger partial charge in [0, 0.05) is 5.56 Å². The largest absolute Gasteiger partial charge is 0.367 e. The van der Waals surface area contributed by atoms with E-state index in [2.05, 4.69) is 19.0 Å². The monoisotopic (exact) mass is 256 g/mol. The van der Waals surface area contributed by atoms with E-state index in [4.69, 9.17) is 21.9 Å². The van der Waals surface area contributed by atoms with Gasteiger partial charge in [-0.2, -0.15) is 0 Å². The Morgan fingerprint density at radius 1 is 1.50 bits per heavy atom. The van der Waals surface area contributed by atoms with Crippen molar-refractivity contribution in [3.63, 3.8) is 0 Å². The zero-order valence-electron chi connectivity index (χ0n) is 9.37. The van der Waals surface area contributed by atoms with Crippen LogP contribution >= 0.6 is 22.9 Å². The minimum Gasteiger partial charge on any atom is -0.367 e. The fourth-order valence-electron chi connectivity index (χ4n) is 1.62. The predicted octanol–water partition coefficient (Wildman–Crippen LogP) is 4.07. The van der Waals surface area contributed by atoms with Crippen LogP contribution in [0, 0.1) is 6.92 Å². The average Bonchev–Trinajstić information content (AvgIpc) is 2.72. The summed E-state index contributed by atoms with van der Waals surface area (Å²) >= 11 is 7.78. The van der Waals surface area contributed by atoms with E-state index in [0.29, 0.717) is 5.88 Å². The number of aromatic nitrogens is 1. The van der Waals surface area contributed by atoms with E-state index in [1.54, 1.807) is 11.3 Å². The number of hydrogen-bond acceptors (Lipinski definition) is 4. The fraction of sp³-hybridized carbons (Fsp3) is 0.364. The third-order valence-electron chi connectivity index (χ3n) is 2.45. The molecule has 0 saturated heterocycles. The molecular weight excluding hydrogens is 244 g/mol. The minimum atomic E-state index is 0.264. The molecule has 16 heavy (non-hydrogen) atoms. The number of nitrogens with two attached hydrogens (primary N) is 1. The Morgan fingerprint density at radius 2 is 2.19 bits per heavy atom. The molecule has 2 N–H and O–H groups in total. The molecule has 2 aromatic rings. The number of nitrogens with zero attached hydrogens (tertiary/aromatic N) is 1. The lowest BCUT2D eigenvalue weighted by Gasteiger charge is -2.04. The second-order valence-corrected chi connectivity index (χ2v) is 5.28. The van der Waals surface area contributed by atoms with Crippen LogP contribution in [0.4, 0.5) is 5.88 Å². The molecule has 0 spiro atoms.